The van der Waals surface area contributed by atoms with Gasteiger partial charge in [-0.3, -0.25) is 4.79 Å². The lowest BCUT2D eigenvalue weighted by Crippen LogP contribution is -2.61. The zero-order valence-corrected chi connectivity index (χ0v) is 25.9. The minimum Gasteiger partial charge on any atom is -0.508 e. The van der Waals surface area contributed by atoms with Crippen molar-refractivity contribution in [1.29, 1.82) is 0 Å². The number of ether oxygens (including phenoxy) is 6. The summed E-state index contributed by atoms with van der Waals surface area (Å²) in [5.41, 5.74) is -1.12. The van der Waals surface area contributed by atoms with Crippen LogP contribution in [-0.4, -0.2) is 146 Å². The number of aromatic hydroxyl groups is 2. The lowest BCUT2D eigenvalue weighted by atomic mass is 9.98. The smallest absolute Gasteiger partial charge is 0.239 e. The van der Waals surface area contributed by atoms with Crippen LogP contribution in [0.3, 0.4) is 0 Å². The third-order valence-electron chi connectivity index (χ3n) is 7.96. The van der Waals surface area contributed by atoms with Crippen molar-refractivity contribution in [2.24, 2.45) is 0 Å². The average Bonchev–Trinajstić information content (AvgIpc) is 3.08. The fraction of sp³-hybridized carbons (Fsp3) is 0.516. The van der Waals surface area contributed by atoms with Crippen LogP contribution in [0.5, 0.6) is 28.7 Å². The van der Waals surface area contributed by atoms with Gasteiger partial charge in [-0.1, -0.05) is 0 Å². The molecule has 1 aromatic heterocycles. The fourth-order valence-electron chi connectivity index (χ4n) is 5.36. The Morgan fingerprint density at radius 1 is 0.755 bits per heavy atom. The molecule has 49 heavy (non-hydrogen) atoms. The topological polar surface area (TPSA) is 288 Å². The van der Waals surface area contributed by atoms with Crippen molar-refractivity contribution >= 4 is 11.0 Å². The molecule has 2 aliphatic rings. The number of aliphatic hydroxyl groups is 8. The highest BCUT2D eigenvalue weighted by Gasteiger charge is 2.48. The molecule has 2 fully saturated rings. The van der Waals surface area contributed by atoms with Crippen molar-refractivity contribution in [1.82, 2.24) is 0 Å². The number of rotatable bonds is 12. The maximum absolute atomic E-state index is 14.1. The van der Waals surface area contributed by atoms with Crippen LogP contribution in [0.1, 0.15) is 6.92 Å². The van der Waals surface area contributed by atoms with E-state index in [1.165, 1.54) is 19.1 Å². The Bertz CT molecular complexity index is 1640. The summed E-state index contributed by atoms with van der Waals surface area (Å²) in [5.74, 6) is -2.01. The molecule has 0 radical (unpaired) electrons. The van der Waals surface area contributed by atoms with Crippen molar-refractivity contribution < 1.29 is 83.9 Å². The van der Waals surface area contributed by atoms with Crippen molar-refractivity contribution in [3.05, 3.63) is 40.6 Å². The van der Waals surface area contributed by atoms with Gasteiger partial charge in [-0.2, -0.15) is 0 Å². The molecule has 0 amide bonds. The Morgan fingerprint density at radius 3 is 2.08 bits per heavy atom. The van der Waals surface area contributed by atoms with Gasteiger partial charge in [0.25, 0.3) is 0 Å². The second kappa shape index (κ2) is 15.4. The molecule has 10 N–H and O–H groups in total. The molecule has 3 heterocycles. The highest BCUT2D eigenvalue weighted by atomic mass is 16.7. The lowest BCUT2D eigenvalue weighted by Gasteiger charge is -2.42. The van der Waals surface area contributed by atoms with Gasteiger partial charge in [0.15, 0.2) is 23.5 Å². The van der Waals surface area contributed by atoms with Crippen molar-refractivity contribution in [2.75, 3.05) is 33.0 Å². The zero-order chi connectivity index (χ0) is 35.6. The molecule has 2 saturated heterocycles. The third kappa shape index (κ3) is 7.54. The average molecular weight is 699 g/mol. The second-order valence-electron chi connectivity index (χ2n) is 11.4. The summed E-state index contributed by atoms with van der Waals surface area (Å²) in [5, 5.41) is 102. The van der Waals surface area contributed by atoms with Crippen LogP contribution in [0, 0.1) is 0 Å². The summed E-state index contributed by atoms with van der Waals surface area (Å²) in [6.45, 7) is -0.369. The number of hydrogen-bond acceptors (Lipinski definition) is 18. The Hall–Kier alpha value is -3.79. The Balaban J connectivity index is 1.52. The molecule has 0 saturated carbocycles. The van der Waals surface area contributed by atoms with E-state index < -0.39 is 91.6 Å². The first-order valence-corrected chi connectivity index (χ1v) is 15.2. The molecule has 0 unspecified atom stereocenters. The maximum atomic E-state index is 14.1. The maximum Gasteiger partial charge on any atom is 0.239 e. The van der Waals surface area contributed by atoms with E-state index in [9.17, 15) is 50.8 Å². The molecule has 0 bridgehead atoms. The molecule has 18 heteroatoms. The number of fused-ring (bicyclic) bond motifs is 1. The molecule has 5 rings (SSSR count). The first kappa shape index (κ1) is 36.5. The number of phenols is 2. The molecule has 18 nitrogen and oxygen atoms in total. The number of aliphatic hydroxyl groups excluding tert-OH is 8. The van der Waals surface area contributed by atoms with Crippen molar-refractivity contribution in [3.8, 4) is 40.1 Å². The van der Waals surface area contributed by atoms with E-state index in [0.29, 0.717) is 0 Å². The predicted molar refractivity (Wildman–Crippen MR) is 162 cm³/mol. The first-order chi connectivity index (χ1) is 23.4. The molecule has 0 aliphatic carbocycles. The summed E-state index contributed by atoms with van der Waals surface area (Å²) in [4.78, 5) is 14.1. The summed E-state index contributed by atoms with van der Waals surface area (Å²) in [7, 11) is 0. The van der Waals surface area contributed by atoms with Crippen molar-refractivity contribution in [3.63, 3.8) is 0 Å². The van der Waals surface area contributed by atoms with Crippen LogP contribution in [0.2, 0.25) is 0 Å². The first-order valence-electron chi connectivity index (χ1n) is 15.2. The second-order valence-corrected chi connectivity index (χ2v) is 11.4. The Labute approximate surface area is 277 Å². The lowest BCUT2D eigenvalue weighted by molar-refractivity contribution is -0.318. The van der Waals surface area contributed by atoms with Crippen LogP contribution in [0.4, 0.5) is 0 Å². The largest absolute Gasteiger partial charge is 0.508 e. The predicted octanol–water partition coefficient (Wildman–Crippen LogP) is -2.36. The number of phenolic OH excluding ortho intramolecular Hbond substituents is 2. The van der Waals surface area contributed by atoms with Crippen LogP contribution in [0.25, 0.3) is 22.3 Å². The van der Waals surface area contributed by atoms with E-state index in [0.717, 1.165) is 18.2 Å². The standard InChI is InChI=1S/C31H38O18/c1-12-21(36)24(39)26(41)30(46-12)45-11-19-22(37)25(40)27(42)31(48-19)49-29-23(38)20-17(44-7-5-33)9-14(34)10-18(20)47-28(29)13-2-3-16(15(35)8-13)43-6-4-32/h2-3,8-10,12,19,21-22,24-27,30-37,39-42H,4-7,11H2,1H3/t12-,19+,21-,22+,24+,25-,26+,27+,30+,31-/m0/s1. The molecule has 0 spiro atoms. The molecular formula is C31H38O18. The highest BCUT2D eigenvalue weighted by molar-refractivity contribution is 5.88. The van der Waals surface area contributed by atoms with Gasteiger partial charge in [0, 0.05) is 17.7 Å². The third-order valence-corrected chi connectivity index (χ3v) is 7.96. The summed E-state index contributed by atoms with van der Waals surface area (Å²) in [6, 6.07) is 6.02. The number of hydrogen-bond donors (Lipinski definition) is 10. The normalized spacial score (nSPS) is 30.3. The van der Waals surface area contributed by atoms with E-state index in [1.54, 1.807) is 0 Å². The molecule has 3 aromatic rings. The summed E-state index contributed by atoms with van der Waals surface area (Å²) >= 11 is 0. The molecule has 270 valence electrons. The van der Waals surface area contributed by atoms with E-state index >= 15 is 0 Å². The molecule has 2 aromatic carbocycles. The quantitative estimate of drug-likeness (QED) is 0.0947. The highest BCUT2D eigenvalue weighted by Crippen LogP contribution is 2.40. The van der Waals surface area contributed by atoms with Gasteiger partial charge in [-0.05, 0) is 25.1 Å². The van der Waals surface area contributed by atoms with Crippen LogP contribution in [0.15, 0.2) is 39.5 Å². The number of benzene rings is 2. The zero-order valence-electron chi connectivity index (χ0n) is 25.9. The van der Waals surface area contributed by atoms with Gasteiger partial charge >= 0.3 is 0 Å². The Kier molecular flexibility index (Phi) is 11.5. The monoisotopic (exact) mass is 698 g/mol. The summed E-state index contributed by atoms with van der Waals surface area (Å²) in [6.07, 6.45) is -16.2. The van der Waals surface area contributed by atoms with E-state index in [4.69, 9.17) is 37.9 Å². The molecular weight excluding hydrogens is 660 g/mol. The van der Waals surface area contributed by atoms with Gasteiger partial charge in [0.05, 0.1) is 25.9 Å². The van der Waals surface area contributed by atoms with Gasteiger partial charge in [0.2, 0.25) is 17.5 Å². The van der Waals surface area contributed by atoms with Gasteiger partial charge in [0.1, 0.15) is 78.4 Å². The van der Waals surface area contributed by atoms with Gasteiger partial charge in [-0.25, -0.2) is 0 Å². The Morgan fingerprint density at radius 2 is 1.41 bits per heavy atom. The molecule has 2 aliphatic heterocycles. The van der Waals surface area contributed by atoms with Crippen LogP contribution < -0.4 is 19.6 Å². The summed E-state index contributed by atoms with van der Waals surface area (Å²) < 4.78 is 39.1. The minimum absolute atomic E-state index is 0.0183. The fourth-order valence-corrected chi connectivity index (χ4v) is 5.36. The minimum atomic E-state index is -1.98. The van der Waals surface area contributed by atoms with E-state index in [2.05, 4.69) is 0 Å². The van der Waals surface area contributed by atoms with Crippen LogP contribution >= 0.6 is 0 Å². The van der Waals surface area contributed by atoms with E-state index in [-0.39, 0.29) is 59.4 Å². The molecule has 10 atom stereocenters. The van der Waals surface area contributed by atoms with E-state index in [1.807, 2.05) is 0 Å². The SMILES string of the molecule is C[C@@H]1O[C@@H](OC[C@H]2O[C@@H](Oc3c(-c4ccc(OCCO)c(O)c4)oc4cc(O)cc(OCCO)c4c3=O)[C@H](O)[C@@H](O)[C@@H]2O)[C@H](O)[C@H](O)[C@H]1O. The van der Waals surface area contributed by atoms with Crippen LogP contribution in [-0.2, 0) is 14.2 Å². The van der Waals surface area contributed by atoms with Crippen molar-refractivity contribution in [2.45, 2.75) is 68.3 Å². The van der Waals surface area contributed by atoms with Gasteiger partial charge < -0.3 is 83.9 Å². The van der Waals surface area contributed by atoms with Gasteiger partial charge in [-0.15, -0.1) is 0 Å².